The van der Waals surface area contributed by atoms with Gasteiger partial charge in [-0.25, -0.2) is 4.98 Å². The number of hydrogen-bond donors (Lipinski definition) is 2. The summed E-state index contributed by atoms with van der Waals surface area (Å²) in [4.78, 5) is 9.24. The fourth-order valence-corrected chi connectivity index (χ4v) is 2.16. The molecule has 16 heavy (non-hydrogen) atoms. The van der Waals surface area contributed by atoms with E-state index in [1.807, 2.05) is 17.8 Å². The van der Waals surface area contributed by atoms with E-state index in [0.29, 0.717) is 5.15 Å². The van der Waals surface area contributed by atoms with Crippen molar-refractivity contribution >= 4 is 22.9 Å². The van der Waals surface area contributed by atoms with E-state index >= 15 is 0 Å². The molecule has 1 atom stereocenters. The predicted molar refractivity (Wildman–Crippen MR) is 65.1 cm³/mol. The van der Waals surface area contributed by atoms with Crippen LogP contribution in [0.5, 0.6) is 0 Å². The fraction of sp³-hybridized carbons (Fsp3) is 0.200. The Labute approximate surface area is 102 Å². The van der Waals surface area contributed by atoms with E-state index in [1.54, 1.807) is 23.6 Å². The molecule has 0 radical (unpaired) electrons. The summed E-state index contributed by atoms with van der Waals surface area (Å²) in [5.74, 6) is 5.53. The van der Waals surface area contributed by atoms with Crippen molar-refractivity contribution in [3.63, 3.8) is 0 Å². The average Bonchev–Trinajstić information content (AvgIpc) is 2.80. The van der Waals surface area contributed by atoms with E-state index < -0.39 is 0 Å². The van der Waals surface area contributed by atoms with Crippen molar-refractivity contribution < 1.29 is 0 Å². The minimum atomic E-state index is 0.0326. The van der Waals surface area contributed by atoms with Crippen LogP contribution in [0.3, 0.4) is 0 Å². The van der Waals surface area contributed by atoms with E-state index in [1.165, 1.54) is 4.88 Å². The van der Waals surface area contributed by atoms with Gasteiger partial charge in [0, 0.05) is 23.7 Å². The van der Waals surface area contributed by atoms with E-state index in [0.717, 1.165) is 12.0 Å². The van der Waals surface area contributed by atoms with Gasteiger partial charge in [-0.2, -0.15) is 0 Å². The lowest BCUT2D eigenvalue weighted by Crippen LogP contribution is -2.29. The largest absolute Gasteiger partial charge is 0.271 e. The summed E-state index contributed by atoms with van der Waals surface area (Å²) >= 11 is 7.34. The first kappa shape index (κ1) is 11.5. The number of aromatic nitrogens is 2. The summed E-state index contributed by atoms with van der Waals surface area (Å²) in [6.07, 6.45) is 4.37. The fourth-order valence-electron chi connectivity index (χ4n) is 1.41. The highest BCUT2D eigenvalue weighted by Gasteiger charge is 2.11. The molecule has 2 aromatic rings. The summed E-state index contributed by atoms with van der Waals surface area (Å²) in [5.41, 5.74) is 5.59. The number of nitrogens with two attached hydrogens (primary N) is 1. The van der Waals surface area contributed by atoms with Crippen LogP contribution in [0.25, 0.3) is 0 Å². The third-order valence-corrected chi connectivity index (χ3v) is 3.27. The molecule has 0 spiro atoms. The smallest absolute Gasteiger partial charge is 0.129 e. The van der Waals surface area contributed by atoms with Gasteiger partial charge in [0.15, 0.2) is 0 Å². The molecule has 0 saturated carbocycles. The van der Waals surface area contributed by atoms with Crippen LogP contribution in [-0.4, -0.2) is 9.97 Å². The lowest BCUT2D eigenvalue weighted by molar-refractivity contribution is 0.553. The Balaban J connectivity index is 2.13. The molecule has 0 aliphatic heterocycles. The van der Waals surface area contributed by atoms with Crippen molar-refractivity contribution in [1.82, 2.24) is 15.4 Å². The highest BCUT2D eigenvalue weighted by Crippen LogP contribution is 2.20. The first-order chi connectivity index (χ1) is 7.79. The van der Waals surface area contributed by atoms with Crippen molar-refractivity contribution in [2.75, 3.05) is 0 Å². The molecule has 2 heterocycles. The van der Waals surface area contributed by atoms with Crippen molar-refractivity contribution in [3.8, 4) is 0 Å². The molecule has 84 valence electrons. The summed E-state index contributed by atoms with van der Waals surface area (Å²) < 4.78 is 0. The number of nitrogens with zero attached hydrogens (tertiary/aromatic N) is 2. The van der Waals surface area contributed by atoms with Crippen LogP contribution in [0, 0.1) is 0 Å². The zero-order valence-corrected chi connectivity index (χ0v) is 10.0. The monoisotopic (exact) mass is 254 g/mol. The predicted octanol–water partition coefficient (Wildman–Crippen LogP) is 1.94. The Kier molecular flexibility index (Phi) is 3.84. The zero-order chi connectivity index (χ0) is 11.4. The van der Waals surface area contributed by atoms with E-state index in [9.17, 15) is 0 Å². The third kappa shape index (κ3) is 2.76. The van der Waals surface area contributed by atoms with Gasteiger partial charge < -0.3 is 0 Å². The maximum Gasteiger partial charge on any atom is 0.129 e. The van der Waals surface area contributed by atoms with Gasteiger partial charge in [0.25, 0.3) is 0 Å². The quantitative estimate of drug-likeness (QED) is 0.497. The second kappa shape index (κ2) is 5.36. The zero-order valence-electron chi connectivity index (χ0n) is 8.43. The van der Waals surface area contributed by atoms with Gasteiger partial charge >= 0.3 is 0 Å². The molecule has 0 amide bonds. The number of hydrogen-bond acceptors (Lipinski definition) is 5. The van der Waals surface area contributed by atoms with Gasteiger partial charge in [0.2, 0.25) is 0 Å². The summed E-state index contributed by atoms with van der Waals surface area (Å²) in [6, 6.07) is 3.71. The summed E-state index contributed by atoms with van der Waals surface area (Å²) in [5, 5.41) is 0.484. The van der Waals surface area contributed by atoms with Gasteiger partial charge in [-0.1, -0.05) is 17.7 Å². The SMILES string of the molecule is NNC(Cc1cncs1)c1ccc(Cl)nc1. The second-order valence-corrected chi connectivity index (χ2v) is 4.66. The number of thiazole rings is 1. The van der Waals surface area contributed by atoms with Crippen molar-refractivity contribution in [2.45, 2.75) is 12.5 Å². The lowest BCUT2D eigenvalue weighted by Gasteiger charge is -2.14. The summed E-state index contributed by atoms with van der Waals surface area (Å²) in [7, 11) is 0. The Hall–Kier alpha value is -1.01. The first-order valence-electron chi connectivity index (χ1n) is 4.74. The van der Waals surface area contributed by atoms with Crippen LogP contribution in [0.1, 0.15) is 16.5 Å². The average molecular weight is 255 g/mol. The van der Waals surface area contributed by atoms with Crippen LogP contribution in [0.4, 0.5) is 0 Å². The molecule has 4 nitrogen and oxygen atoms in total. The standard InChI is InChI=1S/C10H11ClN4S/c11-10-2-1-7(4-14-10)9(15-12)3-8-5-13-6-16-8/h1-2,4-6,9,15H,3,12H2. The molecule has 6 heteroatoms. The molecule has 1 unspecified atom stereocenters. The van der Waals surface area contributed by atoms with Gasteiger partial charge in [0.1, 0.15) is 5.15 Å². The van der Waals surface area contributed by atoms with Crippen LogP contribution in [-0.2, 0) is 6.42 Å². The molecule has 0 saturated heterocycles. The Morgan fingerprint density at radius 1 is 1.44 bits per heavy atom. The Morgan fingerprint density at radius 3 is 2.88 bits per heavy atom. The van der Waals surface area contributed by atoms with Crippen LogP contribution < -0.4 is 11.3 Å². The maximum atomic E-state index is 5.73. The van der Waals surface area contributed by atoms with Crippen molar-refractivity contribution in [2.24, 2.45) is 5.84 Å². The van der Waals surface area contributed by atoms with Crippen LogP contribution in [0.15, 0.2) is 30.0 Å². The van der Waals surface area contributed by atoms with Crippen molar-refractivity contribution in [1.29, 1.82) is 0 Å². The highest BCUT2D eigenvalue weighted by atomic mass is 35.5. The molecule has 2 aromatic heterocycles. The molecule has 3 N–H and O–H groups in total. The minimum absolute atomic E-state index is 0.0326. The number of pyridine rings is 1. The summed E-state index contributed by atoms with van der Waals surface area (Å²) in [6.45, 7) is 0. The molecule has 0 aliphatic carbocycles. The van der Waals surface area contributed by atoms with Gasteiger partial charge in [-0.3, -0.25) is 16.3 Å². The topological polar surface area (TPSA) is 63.8 Å². The van der Waals surface area contributed by atoms with Crippen LogP contribution >= 0.6 is 22.9 Å². The van der Waals surface area contributed by atoms with E-state index in [-0.39, 0.29) is 6.04 Å². The number of hydrazine groups is 1. The van der Waals surface area contributed by atoms with E-state index in [2.05, 4.69) is 15.4 Å². The number of nitrogens with one attached hydrogen (secondary N) is 1. The van der Waals surface area contributed by atoms with Crippen LogP contribution in [0.2, 0.25) is 5.15 Å². The minimum Gasteiger partial charge on any atom is -0.271 e. The normalized spacial score (nSPS) is 12.6. The number of halogens is 1. The Morgan fingerprint density at radius 2 is 2.31 bits per heavy atom. The molecular formula is C10H11ClN4S. The second-order valence-electron chi connectivity index (χ2n) is 3.31. The van der Waals surface area contributed by atoms with Gasteiger partial charge in [-0.15, -0.1) is 11.3 Å². The lowest BCUT2D eigenvalue weighted by atomic mass is 10.1. The molecule has 0 fully saturated rings. The molecular weight excluding hydrogens is 244 g/mol. The first-order valence-corrected chi connectivity index (χ1v) is 6.00. The molecule has 0 aromatic carbocycles. The number of rotatable bonds is 4. The van der Waals surface area contributed by atoms with E-state index in [4.69, 9.17) is 17.4 Å². The van der Waals surface area contributed by atoms with Gasteiger partial charge in [0.05, 0.1) is 11.6 Å². The molecule has 0 bridgehead atoms. The van der Waals surface area contributed by atoms with Crippen molar-refractivity contribution in [3.05, 3.63) is 45.6 Å². The molecule has 2 rings (SSSR count). The highest BCUT2D eigenvalue weighted by molar-refractivity contribution is 7.09. The maximum absolute atomic E-state index is 5.73. The van der Waals surface area contributed by atoms with Gasteiger partial charge in [-0.05, 0) is 11.6 Å². The molecule has 0 aliphatic rings. The Bertz CT molecular complexity index is 429. The third-order valence-electron chi connectivity index (χ3n) is 2.24.